The molecule has 1 aromatic heterocycles. The number of aromatic nitrogens is 2. The van der Waals surface area contributed by atoms with Crippen molar-refractivity contribution in [3.63, 3.8) is 0 Å². The van der Waals surface area contributed by atoms with Gasteiger partial charge in [-0.25, -0.2) is 4.39 Å². The molecule has 2 rings (SSSR count). The van der Waals surface area contributed by atoms with Crippen LogP contribution in [0.2, 0.25) is 0 Å². The zero-order valence-electron chi connectivity index (χ0n) is 12.1. The Morgan fingerprint density at radius 1 is 1.48 bits per heavy atom. The molecular formula is C15H19BrFN3O. The lowest BCUT2D eigenvalue weighted by Gasteiger charge is -2.31. The fourth-order valence-electron chi connectivity index (χ4n) is 2.51. The molecule has 0 saturated carbocycles. The first-order valence-corrected chi connectivity index (χ1v) is 7.48. The monoisotopic (exact) mass is 355 g/mol. The van der Waals surface area contributed by atoms with Gasteiger partial charge in [-0.3, -0.25) is 4.68 Å². The highest BCUT2D eigenvalue weighted by molar-refractivity contribution is 9.10. The van der Waals surface area contributed by atoms with Crippen molar-refractivity contribution >= 4 is 15.9 Å². The zero-order chi connectivity index (χ0) is 15.6. The Balaban J connectivity index is 2.48. The van der Waals surface area contributed by atoms with Crippen LogP contribution in [0.5, 0.6) is 0 Å². The molecule has 21 heavy (non-hydrogen) atoms. The molecule has 1 unspecified atom stereocenters. The van der Waals surface area contributed by atoms with Crippen molar-refractivity contribution in [2.24, 2.45) is 12.8 Å². The van der Waals surface area contributed by atoms with Crippen LogP contribution in [0.25, 0.3) is 0 Å². The van der Waals surface area contributed by atoms with Crippen LogP contribution >= 0.6 is 15.9 Å². The van der Waals surface area contributed by atoms with Gasteiger partial charge in [0.2, 0.25) is 0 Å². The Hall–Kier alpha value is -1.24. The molecule has 4 nitrogen and oxygen atoms in total. The number of aliphatic hydroxyl groups excluding tert-OH is 1. The summed E-state index contributed by atoms with van der Waals surface area (Å²) in [5, 5.41) is 14.3. The van der Waals surface area contributed by atoms with Gasteiger partial charge in [0.05, 0.1) is 22.5 Å². The predicted octanol–water partition coefficient (Wildman–Crippen LogP) is 2.06. The van der Waals surface area contributed by atoms with Crippen molar-refractivity contribution in [2.75, 3.05) is 13.2 Å². The Kier molecular flexibility index (Phi) is 4.81. The van der Waals surface area contributed by atoms with E-state index in [4.69, 9.17) is 5.73 Å². The highest BCUT2D eigenvalue weighted by Crippen LogP contribution is 2.31. The molecule has 1 atom stereocenters. The molecule has 0 fully saturated rings. The number of hydrogen-bond donors (Lipinski definition) is 2. The minimum Gasteiger partial charge on any atom is -0.395 e. The third-order valence-corrected chi connectivity index (χ3v) is 4.93. The van der Waals surface area contributed by atoms with Crippen LogP contribution in [0.3, 0.4) is 0 Å². The lowest BCUT2D eigenvalue weighted by Crippen LogP contribution is -2.41. The highest BCUT2D eigenvalue weighted by atomic mass is 79.9. The Labute approximate surface area is 131 Å². The van der Waals surface area contributed by atoms with Gasteiger partial charge in [0.1, 0.15) is 5.82 Å². The number of aryl methyl sites for hydroxylation is 2. The number of benzene rings is 1. The van der Waals surface area contributed by atoms with E-state index in [1.54, 1.807) is 16.8 Å². The maximum Gasteiger partial charge on any atom is 0.123 e. The Bertz CT molecular complexity index is 638. The normalized spacial score (nSPS) is 14.2. The third-order valence-electron chi connectivity index (χ3n) is 3.90. The van der Waals surface area contributed by atoms with Crippen LogP contribution in [-0.4, -0.2) is 28.0 Å². The van der Waals surface area contributed by atoms with Crippen molar-refractivity contribution in [3.05, 3.63) is 51.5 Å². The van der Waals surface area contributed by atoms with Crippen molar-refractivity contribution in [1.82, 2.24) is 9.78 Å². The third kappa shape index (κ3) is 3.02. The minimum absolute atomic E-state index is 0.163. The fraction of sp³-hybridized carbons (Fsp3) is 0.400. The summed E-state index contributed by atoms with van der Waals surface area (Å²) in [5.74, 6) is -0.334. The lowest BCUT2D eigenvalue weighted by atomic mass is 9.77. The van der Waals surface area contributed by atoms with E-state index in [9.17, 15) is 9.50 Å². The maximum absolute atomic E-state index is 13.5. The average molecular weight is 356 g/mol. The van der Waals surface area contributed by atoms with E-state index in [0.717, 1.165) is 15.9 Å². The average Bonchev–Trinajstić information content (AvgIpc) is 2.70. The molecule has 2 aromatic rings. The molecule has 6 heteroatoms. The van der Waals surface area contributed by atoms with E-state index in [1.165, 1.54) is 12.1 Å². The molecule has 0 bridgehead atoms. The summed E-state index contributed by atoms with van der Waals surface area (Å²) < 4.78 is 16.2. The molecule has 0 aliphatic heterocycles. The van der Waals surface area contributed by atoms with Crippen LogP contribution < -0.4 is 5.73 Å². The fourth-order valence-corrected chi connectivity index (χ4v) is 2.99. The highest BCUT2D eigenvalue weighted by Gasteiger charge is 2.33. The molecule has 0 spiro atoms. The zero-order valence-corrected chi connectivity index (χ0v) is 13.7. The number of nitrogens with zero attached hydrogens (tertiary/aromatic N) is 2. The van der Waals surface area contributed by atoms with Gasteiger partial charge in [0.25, 0.3) is 0 Å². The molecule has 114 valence electrons. The number of rotatable bonds is 5. The standard InChI is InChI=1S/C15H19BrFN3O/c1-10-14(16)13(20(2)19-10)7-15(8-18,9-21)11-4-3-5-12(17)6-11/h3-6,21H,7-9,18H2,1-2H3. The van der Waals surface area contributed by atoms with E-state index in [0.29, 0.717) is 12.0 Å². The van der Waals surface area contributed by atoms with E-state index < -0.39 is 5.41 Å². The van der Waals surface area contributed by atoms with Crippen LogP contribution in [0.1, 0.15) is 17.0 Å². The first-order chi connectivity index (χ1) is 9.93. The van der Waals surface area contributed by atoms with Crippen LogP contribution in [0.15, 0.2) is 28.7 Å². The molecule has 1 aromatic carbocycles. The van der Waals surface area contributed by atoms with Gasteiger partial charge in [0.15, 0.2) is 0 Å². The van der Waals surface area contributed by atoms with Crippen molar-refractivity contribution in [3.8, 4) is 0 Å². The van der Waals surface area contributed by atoms with Gasteiger partial charge in [-0.15, -0.1) is 0 Å². The van der Waals surface area contributed by atoms with Gasteiger partial charge in [-0.1, -0.05) is 12.1 Å². The SMILES string of the molecule is Cc1nn(C)c(CC(CN)(CO)c2cccc(F)c2)c1Br. The van der Waals surface area contributed by atoms with Gasteiger partial charge < -0.3 is 10.8 Å². The summed E-state index contributed by atoms with van der Waals surface area (Å²) in [6.45, 7) is 1.95. The lowest BCUT2D eigenvalue weighted by molar-refractivity contribution is 0.193. The Morgan fingerprint density at radius 2 is 2.19 bits per heavy atom. The number of hydrogen-bond acceptors (Lipinski definition) is 3. The number of halogens is 2. The van der Waals surface area contributed by atoms with Crippen molar-refractivity contribution < 1.29 is 9.50 Å². The minimum atomic E-state index is -0.731. The van der Waals surface area contributed by atoms with Crippen molar-refractivity contribution in [2.45, 2.75) is 18.8 Å². The second kappa shape index (κ2) is 6.25. The van der Waals surface area contributed by atoms with E-state index in [1.807, 2.05) is 14.0 Å². The second-order valence-electron chi connectivity index (χ2n) is 5.30. The van der Waals surface area contributed by atoms with Crippen molar-refractivity contribution in [1.29, 1.82) is 0 Å². The summed E-state index contributed by atoms with van der Waals surface area (Å²) in [6, 6.07) is 6.24. The summed E-state index contributed by atoms with van der Waals surface area (Å²) in [6.07, 6.45) is 0.474. The largest absolute Gasteiger partial charge is 0.395 e. The first kappa shape index (κ1) is 16.1. The molecule has 0 aliphatic carbocycles. The topological polar surface area (TPSA) is 64.1 Å². The smallest absolute Gasteiger partial charge is 0.123 e. The summed E-state index contributed by atoms with van der Waals surface area (Å²) >= 11 is 3.52. The van der Waals surface area contributed by atoms with Crippen LogP contribution in [-0.2, 0) is 18.9 Å². The number of nitrogens with two attached hydrogens (primary N) is 1. The first-order valence-electron chi connectivity index (χ1n) is 6.68. The van der Waals surface area contributed by atoms with E-state index in [-0.39, 0.29) is 19.0 Å². The van der Waals surface area contributed by atoms with Gasteiger partial charge in [0, 0.05) is 25.4 Å². The summed E-state index contributed by atoms with van der Waals surface area (Å²) in [4.78, 5) is 0. The molecule has 0 amide bonds. The maximum atomic E-state index is 13.5. The molecule has 0 radical (unpaired) electrons. The molecule has 0 saturated heterocycles. The summed E-state index contributed by atoms with van der Waals surface area (Å²) in [5.41, 5.74) is 7.69. The van der Waals surface area contributed by atoms with E-state index >= 15 is 0 Å². The van der Waals surface area contributed by atoms with Gasteiger partial charge in [-0.05, 0) is 40.5 Å². The van der Waals surface area contributed by atoms with Crippen LogP contribution in [0, 0.1) is 12.7 Å². The second-order valence-corrected chi connectivity index (χ2v) is 6.09. The quantitative estimate of drug-likeness (QED) is 0.862. The summed E-state index contributed by atoms with van der Waals surface area (Å²) in [7, 11) is 1.84. The predicted molar refractivity (Wildman–Crippen MR) is 83.6 cm³/mol. The number of aliphatic hydroxyl groups is 1. The molecule has 0 aliphatic rings. The molecule has 3 N–H and O–H groups in total. The van der Waals surface area contributed by atoms with Crippen LogP contribution in [0.4, 0.5) is 4.39 Å². The molecular weight excluding hydrogens is 337 g/mol. The Morgan fingerprint density at radius 3 is 2.67 bits per heavy atom. The molecule has 1 heterocycles. The van der Waals surface area contributed by atoms with Gasteiger partial charge >= 0.3 is 0 Å². The van der Waals surface area contributed by atoms with Gasteiger partial charge in [-0.2, -0.15) is 5.10 Å². The van der Waals surface area contributed by atoms with E-state index in [2.05, 4.69) is 21.0 Å².